The van der Waals surface area contributed by atoms with Gasteiger partial charge in [0.1, 0.15) is 0 Å². The Labute approximate surface area is 95.2 Å². The summed E-state index contributed by atoms with van der Waals surface area (Å²) in [5.74, 6) is -0.108. The Hall–Kier alpha value is -0.870. The number of rotatable bonds is 4. The van der Waals surface area contributed by atoms with E-state index in [0.717, 1.165) is 19.3 Å². The Morgan fingerprint density at radius 3 is 3.06 bits per heavy atom. The SMILES string of the molecule is C=C(CO)C(=O)OCC1CCC2(C)OC2C1. The number of aliphatic hydroxyl groups is 1. The summed E-state index contributed by atoms with van der Waals surface area (Å²) in [6.45, 7) is 5.62. The molecule has 3 unspecified atom stereocenters. The van der Waals surface area contributed by atoms with Crippen molar-refractivity contribution in [3.63, 3.8) is 0 Å². The van der Waals surface area contributed by atoms with Crippen LogP contribution in [-0.4, -0.2) is 36.0 Å². The highest BCUT2D eigenvalue weighted by Crippen LogP contribution is 2.49. The Kier molecular flexibility index (Phi) is 3.04. The van der Waals surface area contributed by atoms with Crippen molar-refractivity contribution in [2.24, 2.45) is 5.92 Å². The fraction of sp³-hybridized carbons (Fsp3) is 0.750. The highest BCUT2D eigenvalue weighted by atomic mass is 16.6. The third kappa shape index (κ3) is 2.28. The number of carbonyl (C=O) groups excluding carboxylic acids is 1. The molecule has 0 spiro atoms. The van der Waals surface area contributed by atoms with Gasteiger partial charge in [-0.1, -0.05) is 6.58 Å². The van der Waals surface area contributed by atoms with Crippen LogP contribution in [0.25, 0.3) is 0 Å². The minimum absolute atomic E-state index is 0.106. The number of fused-ring (bicyclic) bond motifs is 1. The van der Waals surface area contributed by atoms with E-state index in [1.165, 1.54) is 0 Å². The summed E-state index contributed by atoms with van der Waals surface area (Å²) in [4.78, 5) is 11.3. The van der Waals surface area contributed by atoms with Crippen LogP contribution in [0.15, 0.2) is 12.2 Å². The van der Waals surface area contributed by atoms with Crippen molar-refractivity contribution >= 4 is 5.97 Å². The maximum Gasteiger partial charge on any atom is 0.335 e. The van der Waals surface area contributed by atoms with Gasteiger partial charge in [0.2, 0.25) is 0 Å². The number of hydrogen-bond acceptors (Lipinski definition) is 4. The zero-order valence-electron chi connectivity index (χ0n) is 9.57. The molecular formula is C12H18O4. The van der Waals surface area contributed by atoms with Gasteiger partial charge in [-0.3, -0.25) is 0 Å². The first-order valence-electron chi connectivity index (χ1n) is 5.69. The summed E-state index contributed by atoms with van der Waals surface area (Å²) in [6, 6.07) is 0. The van der Waals surface area contributed by atoms with E-state index in [0.29, 0.717) is 18.6 Å². The number of esters is 1. The van der Waals surface area contributed by atoms with Crippen molar-refractivity contribution in [2.45, 2.75) is 37.9 Å². The average molecular weight is 226 g/mol. The van der Waals surface area contributed by atoms with E-state index >= 15 is 0 Å². The van der Waals surface area contributed by atoms with Crippen molar-refractivity contribution in [2.75, 3.05) is 13.2 Å². The van der Waals surface area contributed by atoms with Crippen LogP contribution in [0.4, 0.5) is 0 Å². The van der Waals surface area contributed by atoms with Crippen molar-refractivity contribution in [3.8, 4) is 0 Å². The van der Waals surface area contributed by atoms with Crippen LogP contribution in [-0.2, 0) is 14.3 Å². The summed E-state index contributed by atoms with van der Waals surface area (Å²) in [5, 5.41) is 8.70. The molecule has 0 aromatic heterocycles. The predicted octanol–water partition coefficient (Wildman–Crippen LogP) is 1.04. The topological polar surface area (TPSA) is 59.1 Å². The van der Waals surface area contributed by atoms with Gasteiger partial charge >= 0.3 is 5.97 Å². The smallest absolute Gasteiger partial charge is 0.335 e. The van der Waals surface area contributed by atoms with Crippen LogP contribution in [0.5, 0.6) is 0 Å². The van der Waals surface area contributed by atoms with Crippen molar-refractivity contribution < 1.29 is 19.4 Å². The normalized spacial score (nSPS) is 36.4. The van der Waals surface area contributed by atoms with Gasteiger partial charge in [-0.15, -0.1) is 0 Å². The van der Waals surface area contributed by atoms with Crippen LogP contribution < -0.4 is 0 Å². The molecule has 1 N–H and O–H groups in total. The van der Waals surface area contributed by atoms with Gasteiger partial charge in [0.15, 0.2) is 0 Å². The van der Waals surface area contributed by atoms with Crippen molar-refractivity contribution in [1.29, 1.82) is 0 Å². The number of carbonyl (C=O) groups is 1. The fourth-order valence-electron chi connectivity index (χ4n) is 2.23. The zero-order valence-corrected chi connectivity index (χ0v) is 9.57. The molecule has 0 radical (unpaired) electrons. The average Bonchev–Trinajstić information content (AvgIpc) is 2.95. The quantitative estimate of drug-likeness (QED) is 0.442. The summed E-state index contributed by atoms with van der Waals surface area (Å²) in [5.41, 5.74) is 0.221. The molecule has 0 aromatic carbocycles. The summed E-state index contributed by atoms with van der Waals surface area (Å²) in [6.07, 6.45) is 3.40. The molecule has 1 saturated carbocycles. The second kappa shape index (κ2) is 4.18. The predicted molar refractivity (Wildman–Crippen MR) is 57.8 cm³/mol. The van der Waals surface area contributed by atoms with Gasteiger partial charge in [-0.25, -0.2) is 4.79 Å². The fourth-order valence-corrected chi connectivity index (χ4v) is 2.23. The molecular weight excluding hydrogens is 208 g/mol. The molecule has 1 aliphatic heterocycles. The van der Waals surface area contributed by atoms with E-state index in [9.17, 15) is 4.79 Å². The van der Waals surface area contributed by atoms with Crippen molar-refractivity contribution in [3.05, 3.63) is 12.2 Å². The highest BCUT2D eigenvalue weighted by Gasteiger charge is 2.55. The minimum Gasteiger partial charge on any atom is -0.462 e. The lowest BCUT2D eigenvalue weighted by Crippen LogP contribution is -2.25. The largest absolute Gasteiger partial charge is 0.462 e. The first-order chi connectivity index (χ1) is 7.55. The molecule has 3 atom stereocenters. The van der Waals surface area contributed by atoms with Crippen LogP contribution in [0, 0.1) is 5.92 Å². The maximum atomic E-state index is 11.3. The summed E-state index contributed by atoms with van der Waals surface area (Å²) < 4.78 is 10.7. The molecule has 90 valence electrons. The second-order valence-corrected chi connectivity index (χ2v) is 4.92. The van der Waals surface area contributed by atoms with Gasteiger partial charge in [0.05, 0.1) is 30.5 Å². The van der Waals surface area contributed by atoms with E-state index in [4.69, 9.17) is 14.6 Å². The monoisotopic (exact) mass is 226 g/mol. The molecule has 0 bridgehead atoms. The standard InChI is InChI=1S/C12H18O4/c1-8(6-13)11(14)15-7-9-3-4-12(2)10(5-9)16-12/h9-10,13H,1,3-7H2,2H3. The van der Waals surface area contributed by atoms with E-state index in [1.807, 2.05) is 0 Å². The molecule has 1 saturated heterocycles. The molecule has 4 nitrogen and oxygen atoms in total. The van der Waals surface area contributed by atoms with Crippen molar-refractivity contribution in [1.82, 2.24) is 0 Å². The number of ether oxygens (including phenoxy) is 2. The lowest BCUT2D eigenvalue weighted by molar-refractivity contribution is -0.141. The molecule has 0 aromatic rings. The number of aliphatic hydroxyl groups excluding tert-OH is 1. The van der Waals surface area contributed by atoms with Gasteiger partial charge in [-0.05, 0) is 32.1 Å². The Morgan fingerprint density at radius 2 is 2.44 bits per heavy atom. The summed E-state index contributed by atoms with van der Waals surface area (Å²) in [7, 11) is 0. The zero-order chi connectivity index (χ0) is 11.8. The molecule has 2 aliphatic rings. The maximum absolute atomic E-state index is 11.3. The molecule has 1 aliphatic carbocycles. The third-order valence-corrected chi connectivity index (χ3v) is 3.56. The lowest BCUT2D eigenvalue weighted by Gasteiger charge is -2.21. The van der Waals surface area contributed by atoms with E-state index < -0.39 is 5.97 Å². The second-order valence-electron chi connectivity index (χ2n) is 4.92. The Balaban J connectivity index is 1.71. The van der Waals surface area contributed by atoms with Crippen LogP contribution in [0.3, 0.4) is 0 Å². The molecule has 0 amide bonds. The van der Waals surface area contributed by atoms with Gasteiger partial charge in [0.25, 0.3) is 0 Å². The lowest BCUT2D eigenvalue weighted by atomic mass is 9.83. The van der Waals surface area contributed by atoms with E-state index in [2.05, 4.69) is 13.5 Å². The first-order valence-corrected chi connectivity index (χ1v) is 5.69. The van der Waals surface area contributed by atoms with Gasteiger partial charge in [0, 0.05) is 0 Å². The molecule has 1 heterocycles. The number of hydrogen-bond donors (Lipinski definition) is 1. The summed E-state index contributed by atoms with van der Waals surface area (Å²) >= 11 is 0. The van der Waals surface area contributed by atoms with Crippen LogP contribution in [0.2, 0.25) is 0 Å². The molecule has 2 rings (SSSR count). The van der Waals surface area contributed by atoms with Crippen LogP contribution >= 0.6 is 0 Å². The Morgan fingerprint density at radius 1 is 1.69 bits per heavy atom. The molecule has 2 fully saturated rings. The molecule has 16 heavy (non-hydrogen) atoms. The third-order valence-electron chi connectivity index (χ3n) is 3.56. The van der Waals surface area contributed by atoms with Crippen LogP contribution in [0.1, 0.15) is 26.2 Å². The van der Waals surface area contributed by atoms with Gasteiger partial charge < -0.3 is 14.6 Å². The first kappa shape index (κ1) is 11.6. The minimum atomic E-state index is -0.493. The molecule has 4 heteroatoms. The van der Waals surface area contributed by atoms with E-state index in [1.54, 1.807) is 0 Å². The Bertz CT molecular complexity index is 312. The van der Waals surface area contributed by atoms with Gasteiger partial charge in [-0.2, -0.15) is 0 Å². The van der Waals surface area contributed by atoms with E-state index in [-0.39, 0.29) is 17.8 Å². The highest BCUT2D eigenvalue weighted by molar-refractivity contribution is 5.87. The number of epoxide rings is 1.